The fourth-order valence-corrected chi connectivity index (χ4v) is 7.73. The Labute approximate surface area is 274 Å². The molecule has 0 bridgehead atoms. The molecule has 0 radical (unpaired) electrons. The molecule has 2 aromatic rings. The van der Waals surface area contributed by atoms with Gasteiger partial charge >= 0.3 is 67.3 Å². The maximum atomic E-state index is 11.7. The average Bonchev–Trinajstić information content (AvgIpc) is 3.31. The van der Waals surface area contributed by atoms with Crippen molar-refractivity contribution >= 4 is 11.4 Å². The van der Waals surface area contributed by atoms with E-state index in [-0.39, 0.29) is 0 Å². The summed E-state index contributed by atoms with van der Waals surface area (Å²) >= 11 is 1.07. The standard InChI is InChI=1S/C32H44N2.2C4H9.Pd/c1-5-9-15-25-17-13-19-27(23-25)31-29(21-11-7-3)30(22-12-8-4)32(34(31)33)28-20-14-18-26(24-28)16-10-6-2;2*1-3-4-2;/h13-14,17-20,23-24H,5-12,15-16,21-22H2,1-4H3;2*1,3-4H2,2H3;. The van der Waals surface area contributed by atoms with Crippen molar-refractivity contribution in [3.63, 3.8) is 0 Å². The topological polar surface area (TPSA) is 25.3 Å². The van der Waals surface area contributed by atoms with Crippen LogP contribution in [0.5, 0.6) is 0 Å². The number of nitrogens with zero attached hydrogens (tertiary/aromatic N) is 2. The summed E-state index contributed by atoms with van der Waals surface area (Å²) in [7, 11) is 0. The number of aryl methyl sites for hydroxylation is 2. The van der Waals surface area contributed by atoms with Gasteiger partial charge in [0.1, 0.15) is 0 Å². The van der Waals surface area contributed by atoms with E-state index in [0.717, 1.165) is 91.9 Å². The molecular weight excluding hydrogens is 615 g/mol. The number of hydrogen-bond donors (Lipinski definition) is 0. The minimum absolute atomic E-state index is 1.01. The summed E-state index contributed by atoms with van der Waals surface area (Å²) in [6.45, 7) is 13.5. The zero-order valence-corrected chi connectivity index (χ0v) is 30.1. The van der Waals surface area contributed by atoms with E-state index in [1.165, 1.54) is 88.1 Å². The van der Waals surface area contributed by atoms with Gasteiger partial charge in [0.25, 0.3) is 0 Å². The van der Waals surface area contributed by atoms with Crippen molar-refractivity contribution in [1.29, 1.82) is 0 Å². The second-order valence-corrected chi connectivity index (χ2v) is 14.3. The number of hydrogen-bond acceptors (Lipinski definition) is 0. The first-order valence-corrected chi connectivity index (χ1v) is 19.8. The quantitative estimate of drug-likeness (QED) is 0.0757. The molecule has 43 heavy (non-hydrogen) atoms. The second-order valence-electron chi connectivity index (χ2n) is 12.0. The van der Waals surface area contributed by atoms with E-state index in [0.29, 0.717) is 0 Å². The molecule has 2 nitrogen and oxygen atoms in total. The van der Waals surface area contributed by atoms with Crippen molar-refractivity contribution in [2.75, 3.05) is 0 Å². The Morgan fingerprint density at radius 3 is 1.26 bits per heavy atom. The van der Waals surface area contributed by atoms with Crippen molar-refractivity contribution in [3.05, 3.63) is 87.5 Å². The number of unbranched alkanes of at least 4 members (excludes halogenated alkanes) is 6. The van der Waals surface area contributed by atoms with Gasteiger partial charge in [0.2, 0.25) is 11.4 Å². The van der Waals surface area contributed by atoms with Crippen LogP contribution in [0.1, 0.15) is 154 Å². The van der Waals surface area contributed by atoms with Crippen molar-refractivity contribution in [1.82, 2.24) is 0 Å². The van der Waals surface area contributed by atoms with E-state index in [4.69, 9.17) is 0 Å². The molecular formula is C40H62N2Pd. The van der Waals surface area contributed by atoms with E-state index in [9.17, 15) is 5.53 Å². The van der Waals surface area contributed by atoms with E-state index >= 15 is 0 Å². The molecule has 1 heterocycles. The Hall–Kier alpha value is -1.82. The normalized spacial score (nSPS) is 13.2. The third kappa shape index (κ3) is 12.6. The predicted molar refractivity (Wildman–Crippen MR) is 186 cm³/mol. The van der Waals surface area contributed by atoms with E-state index in [1.807, 2.05) is 0 Å². The van der Waals surface area contributed by atoms with Crippen LogP contribution in [0.3, 0.4) is 0 Å². The third-order valence-corrected chi connectivity index (χ3v) is 10.3. The van der Waals surface area contributed by atoms with E-state index in [2.05, 4.69) is 90.1 Å². The van der Waals surface area contributed by atoms with Gasteiger partial charge < -0.3 is 5.53 Å². The molecule has 0 unspecified atom stereocenters. The summed E-state index contributed by atoms with van der Waals surface area (Å²) in [6.07, 6.45) is 19.3. The number of benzene rings is 2. The molecule has 3 rings (SSSR count). The Morgan fingerprint density at radius 2 is 0.884 bits per heavy atom. The van der Waals surface area contributed by atoms with Gasteiger partial charge in [0.15, 0.2) is 0 Å². The van der Waals surface area contributed by atoms with Crippen molar-refractivity contribution < 1.29 is 22.7 Å². The van der Waals surface area contributed by atoms with Gasteiger partial charge in [-0.05, 0) is 86.8 Å². The Kier molecular flexibility index (Phi) is 19.7. The molecule has 3 heteroatoms. The van der Waals surface area contributed by atoms with E-state index < -0.39 is 0 Å². The summed E-state index contributed by atoms with van der Waals surface area (Å²) in [4.78, 5) is 3.01. The summed E-state index contributed by atoms with van der Waals surface area (Å²) in [5.74, 6) is 0. The maximum absolute atomic E-state index is 11.7. The van der Waals surface area contributed by atoms with Gasteiger partial charge in [-0.15, -0.1) is 0 Å². The third-order valence-electron chi connectivity index (χ3n) is 8.11. The molecule has 0 atom stereocenters. The van der Waals surface area contributed by atoms with Crippen LogP contribution in [0.4, 0.5) is 0 Å². The first-order valence-electron chi connectivity index (χ1n) is 17.6. The molecule has 0 saturated heterocycles. The molecule has 242 valence electrons. The number of allylic oxidation sites excluding steroid dienone is 2. The minimum atomic E-state index is 1.01. The summed E-state index contributed by atoms with van der Waals surface area (Å²) < 4.78 is 1.54. The predicted octanol–water partition coefficient (Wildman–Crippen LogP) is 13.4. The Balaban J connectivity index is 0.000000621. The van der Waals surface area contributed by atoms with Gasteiger partial charge in [-0.25, -0.2) is 4.70 Å². The summed E-state index contributed by atoms with van der Waals surface area (Å²) in [6, 6.07) is 17.7. The van der Waals surface area contributed by atoms with E-state index in [1.54, 1.807) is 0 Å². The van der Waals surface area contributed by atoms with Crippen LogP contribution in [0.15, 0.2) is 59.7 Å². The van der Waals surface area contributed by atoms with Gasteiger partial charge in [-0.3, -0.25) is 0 Å². The van der Waals surface area contributed by atoms with Gasteiger partial charge in [0.05, 0.1) is 0 Å². The van der Waals surface area contributed by atoms with Gasteiger partial charge in [-0.1, -0.05) is 77.6 Å². The molecule has 0 spiro atoms. The zero-order chi connectivity index (χ0) is 31.3. The van der Waals surface area contributed by atoms with Crippen molar-refractivity contribution in [2.24, 2.45) is 0 Å². The molecule has 0 aliphatic carbocycles. The molecule has 1 aliphatic rings. The Morgan fingerprint density at radius 1 is 0.512 bits per heavy atom. The number of rotatable bonds is 20. The molecule has 2 aromatic carbocycles. The van der Waals surface area contributed by atoms with Crippen molar-refractivity contribution in [2.45, 2.75) is 154 Å². The zero-order valence-electron chi connectivity index (χ0n) is 28.6. The molecule has 0 aromatic heterocycles. The molecule has 0 saturated carbocycles. The van der Waals surface area contributed by atoms with Crippen LogP contribution in [0.25, 0.3) is 16.9 Å². The second kappa shape index (κ2) is 22.7. The van der Waals surface area contributed by atoms with Crippen LogP contribution < -0.4 is 0 Å². The monoisotopic (exact) mass is 676 g/mol. The van der Waals surface area contributed by atoms with Crippen LogP contribution >= 0.6 is 0 Å². The van der Waals surface area contributed by atoms with Crippen LogP contribution in [0, 0.1) is 0 Å². The first-order chi connectivity index (χ1) is 21.1. The van der Waals surface area contributed by atoms with Crippen LogP contribution in [-0.2, 0) is 30.8 Å². The molecule has 0 N–H and O–H groups in total. The van der Waals surface area contributed by atoms with Crippen LogP contribution in [0.2, 0.25) is 9.79 Å². The molecule has 1 aliphatic heterocycles. The fourth-order valence-electron chi connectivity index (χ4n) is 5.46. The van der Waals surface area contributed by atoms with Crippen LogP contribution in [-0.4, -0.2) is 4.70 Å². The molecule has 0 fully saturated rings. The average molecular weight is 677 g/mol. The van der Waals surface area contributed by atoms with Crippen molar-refractivity contribution in [3.8, 4) is 0 Å². The molecule has 0 amide bonds. The summed E-state index contributed by atoms with van der Waals surface area (Å²) in [5.41, 5.74) is 21.5. The Bertz CT molecular complexity index is 1060. The fraction of sp³-hybridized carbons (Fsp3) is 0.600. The summed E-state index contributed by atoms with van der Waals surface area (Å²) in [5, 5.41) is 0. The van der Waals surface area contributed by atoms with Gasteiger partial charge in [0, 0.05) is 22.3 Å². The SMILES string of the molecule is CCCCC1=C(c2cccc(CCCC)c2)[N+](=[N-])C(c2cccc(CCCC)c2)=C1CCCC.CCC[CH2][Pd][CH2]CCC. The van der Waals surface area contributed by atoms with Gasteiger partial charge in [-0.2, -0.15) is 0 Å². The first kappa shape index (κ1) is 37.4.